The van der Waals surface area contributed by atoms with Crippen molar-refractivity contribution in [2.45, 2.75) is 68.7 Å². The number of nitrogen functional groups attached to an aromatic ring is 1. The van der Waals surface area contributed by atoms with Gasteiger partial charge in [-0.15, -0.1) is 0 Å². The molecule has 2 aliphatic rings. The summed E-state index contributed by atoms with van der Waals surface area (Å²) < 4.78 is 5.81. The third kappa shape index (κ3) is 5.46. The highest BCUT2D eigenvalue weighted by atomic mass is 32.2. The maximum absolute atomic E-state index is 13.4. The van der Waals surface area contributed by atoms with E-state index in [0.717, 1.165) is 37.8 Å². The summed E-state index contributed by atoms with van der Waals surface area (Å²) in [6.07, 6.45) is 5.09. The minimum absolute atomic E-state index is 0.141. The molecule has 0 bridgehead atoms. The molecule has 2 heterocycles. The highest BCUT2D eigenvalue weighted by Crippen LogP contribution is 2.38. The van der Waals surface area contributed by atoms with Crippen LogP contribution in [0.3, 0.4) is 0 Å². The third-order valence-electron chi connectivity index (χ3n) is 6.76. The highest BCUT2D eigenvalue weighted by molar-refractivity contribution is 7.99. The fraction of sp³-hybridized carbons (Fsp3) is 0.520. The Morgan fingerprint density at radius 2 is 1.94 bits per heavy atom. The monoisotopic (exact) mass is 484 g/mol. The first kappa shape index (κ1) is 24.3. The van der Waals surface area contributed by atoms with Crippen LogP contribution in [0.4, 0.5) is 11.5 Å². The van der Waals surface area contributed by atoms with Crippen LogP contribution in [0.5, 0.6) is 5.88 Å². The lowest BCUT2D eigenvalue weighted by atomic mass is 9.77. The fourth-order valence-electron chi connectivity index (χ4n) is 4.65. The van der Waals surface area contributed by atoms with Crippen LogP contribution in [0.2, 0.25) is 0 Å². The van der Waals surface area contributed by atoms with Crippen LogP contribution in [-0.2, 0) is 4.79 Å². The number of ether oxygens (including phenoxy) is 1. The molecule has 0 saturated heterocycles. The normalized spacial score (nSPS) is 21.4. The van der Waals surface area contributed by atoms with Crippen molar-refractivity contribution in [3.05, 3.63) is 35.4 Å². The Kier molecular flexibility index (Phi) is 7.60. The van der Waals surface area contributed by atoms with Crippen LogP contribution < -0.4 is 15.4 Å². The third-order valence-corrected chi connectivity index (χ3v) is 7.89. The van der Waals surface area contributed by atoms with Gasteiger partial charge in [0.2, 0.25) is 5.88 Å². The number of carboxylic acid groups (broad SMARTS) is 1. The van der Waals surface area contributed by atoms with E-state index < -0.39 is 5.97 Å². The average molecular weight is 485 g/mol. The van der Waals surface area contributed by atoms with Crippen LogP contribution in [-0.4, -0.2) is 45.4 Å². The van der Waals surface area contributed by atoms with Crippen molar-refractivity contribution in [1.29, 1.82) is 0 Å². The van der Waals surface area contributed by atoms with Crippen molar-refractivity contribution in [1.82, 2.24) is 9.97 Å². The number of nitrogens with two attached hydrogens (primary N) is 1. The number of hydrogen-bond donors (Lipinski definition) is 2. The zero-order chi connectivity index (χ0) is 24.2. The Balaban J connectivity index is 1.48. The molecule has 34 heavy (non-hydrogen) atoms. The van der Waals surface area contributed by atoms with E-state index in [1.807, 2.05) is 12.1 Å². The molecule has 0 radical (unpaired) electrons. The predicted octanol–water partition coefficient (Wildman–Crippen LogP) is 4.74. The van der Waals surface area contributed by atoms with Gasteiger partial charge in [0.05, 0.1) is 6.54 Å². The molecule has 1 atom stereocenters. The molecule has 8 nitrogen and oxygen atoms in total. The van der Waals surface area contributed by atoms with E-state index in [-0.39, 0.29) is 35.5 Å². The van der Waals surface area contributed by atoms with Gasteiger partial charge in [-0.1, -0.05) is 37.7 Å². The second-order valence-electron chi connectivity index (χ2n) is 9.12. The molecule has 1 fully saturated rings. The summed E-state index contributed by atoms with van der Waals surface area (Å²) in [5.41, 5.74) is 8.42. The van der Waals surface area contributed by atoms with Crippen LogP contribution in [0.15, 0.2) is 29.4 Å². The number of carbonyl (C=O) groups is 2. The van der Waals surface area contributed by atoms with Crippen molar-refractivity contribution in [2.75, 3.05) is 23.8 Å². The van der Waals surface area contributed by atoms with E-state index in [4.69, 9.17) is 15.6 Å². The zero-order valence-corrected chi connectivity index (χ0v) is 20.5. The number of hydrogen-bond acceptors (Lipinski definition) is 7. The molecule has 3 N–H and O–H groups in total. The lowest BCUT2D eigenvalue weighted by Gasteiger charge is -2.28. The summed E-state index contributed by atoms with van der Waals surface area (Å²) in [6, 6.07) is 8.07. The van der Waals surface area contributed by atoms with Gasteiger partial charge in [0.1, 0.15) is 18.0 Å². The molecule has 4 rings (SSSR count). The number of rotatable bonds is 7. The number of anilines is 2. The van der Waals surface area contributed by atoms with Crippen molar-refractivity contribution < 1.29 is 19.4 Å². The quantitative estimate of drug-likeness (QED) is 0.427. The van der Waals surface area contributed by atoms with E-state index >= 15 is 0 Å². The lowest BCUT2D eigenvalue weighted by Crippen LogP contribution is -2.32. The van der Waals surface area contributed by atoms with Crippen LogP contribution in [0, 0.1) is 5.92 Å². The van der Waals surface area contributed by atoms with E-state index in [9.17, 15) is 9.59 Å². The van der Waals surface area contributed by atoms with Crippen LogP contribution in [0.1, 0.15) is 74.2 Å². The van der Waals surface area contributed by atoms with Crippen molar-refractivity contribution in [2.24, 2.45) is 5.92 Å². The maximum atomic E-state index is 13.4. The minimum atomic E-state index is -0.711. The van der Waals surface area contributed by atoms with Crippen molar-refractivity contribution >= 4 is 35.1 Å². The molecular weight excluding hydrogens is 452 g/mol. The number of benzene rings is 1. The molecule has 1 aromatic heterocycles. The molecule has 1 amide bonds. The highest BCUT2D eigenvalue weighted by Gasteiger charge is 2.30. The van der Waals surface area contributed by atoms with Gasteiger partial charge in [0.25, 0.3) is 5.91 Å². The second-order valence-corrected chi connectivity index (χ2v) is 10.5. The number of fused-ring (bicyclic) bond motifs is 1. The van der Waals surface area contributed by atoms with Gasteiger partial charge in [-0.2, -0.15) is 4.98 Å². The molecular formula is C25H32N4O4S. The number of aliphatic carboxylic acids is 1. The Hall–Kier alpha value is -2.81. The number of amides is 1. The van der Waals surface area contributed by atoms with E-state index in [1.54, 1.807) is 4.90 Å². The second kappa shape index (κ2) is 10.6. The summed E-state index contributed by atoms with van der Waals surface area (Å²) in [5, 5.41) is 9.88. The number of aromatic nitrogens is 2. The number of thioether (sulfide) groups is 1. The summed E-state index contributed by atoms with van der Waals surface area (Å²) in [6.45, 7) is 4.90. The van der Waals surface area contributed by atoms with Gasteiger partial charge in [0, 0.05) is 17.4 Å². The first-order chi connectivity index (χ1) is 16.4. The van der Waals surface area contributed by atoms with Crippen LogP contribution in [0.25, 0.3) is 0 Å². The minimum Gasteiger partial charge on any atom is -0.481 e. The van der Waals surface area contributed by atoms with Gasteiger partial charge < -0.3 is 20.5 Å². The van der Waals surface area contributed by atoms with Gasteiger partial charge in [0.15, 0.2) is 5.16 Å². The zero-order valence-electron chi connectivity index (χ0n) is 19.7. The standard InChI is InChI=1S/C25H32N4O4S/c1-3-15(2)34-25-27-22(26)21-23(28-25)33-13-12-29(24(21)32)19-10-8-18(9-11-19)17-6-4-16(5-7-17)14-20(30)31/h8-11,15-17H,3-7,12-14H2,1-2H3,(H,30,31)(H2,26,27,28). The summed E-state index contributed by atoms with van der Waals surface area (Å²) in [5.74, 6) is 0.125. The molecule has 0 spiro atoms. The van der Waals surface area contributed by atoms with E-state index in [0.29, 0.717) is 29.5 Å². The number of carbonyl (C=O) groups excluding carboxylic acids is 1. The van der Waals surface area contributed by atoms with Gasteiger partial charge in [-0.05, 0) is 61.6 Å². The molecule has 1 unspecified atom stereocenters. The summed E-state index contributed by atoms with van der Waals surface area (Å²) in [4.78, 5) is 34.9. The molecule has 1 aliphatic carbocycles. The molecule has 182 valence electrons. The molecule has 1 saturated carbocycles. The first-order valence-electron chi connectivity index (χ1n) is 12.0. The van der Waals surface area contributed by atoms with E-state index in [1.165, 1.54) is 17.3 Å². The predicted molar refractivity (Wildman–Crippen MR) is 133 cm³/mol. The van der Waals surface area contributed by atoms with E-state index in [2.05, 4.69) is 35.9 Å². The maximum Gasteiger partial charge on any atom is 0.303 e. The summed E-state index contributed by atoms with van der Waals surface area (Å²) in [7, 11) is 0. The van der Waals surface area contributed by atoms with Crippen molar-refractivity contribution in [3.63, 3.8) is 0 Å². The lowest BCUT2D eigenvalue weighted by molar-refractivity contribution is -0.138. The smallest absolute Gasteiger partial charge is 0.303 e. The SMILES string of the molecule is CCC(C)Sc1nc(N)c2c(n1)OCCN(c1ccc(C3CCC(CC(=O)O)CC3)cc1)C2=O. The topological polar surface area (TPSA) is 119 Å². The Labute approximate surface area is 204 Å². The Morgan fingerprint density at radius 3 is 2.59 bits per heavy atom. The number of nitrogens with zero attached hydrogens (tertiary/aromatic N) is 3. The largest absolute Gasteiger partial charge is 0.481 e. The summed E-state index contributed by atoms with van der Waals surface area (Å²) >= 11 is 1.52. The molecule has 2 aromatic rings. The van der Waals surface area contributed by atoms with Gasteiger partial charge in [-0.3, -0.25) is 9.59 Å². The molecule has 9 heteroatoms. The molecule has 1 aliphatic heterocycles. The molecule has 1 aromatic carbocycles. The Bertz CT molecular complexity index is 1040. The average Bonchev–Trinajstić information content (AvgIpc) is 2.98. The van der Waals surface area contributed by atoms with Gasteiger partial charge in [-0.25, -0.2) is 4.98 Å². The van der Waals surface area contributed by atoms with Gasteiger partial charge >= 0.3 is 5.97 Å². The Morgan fingerprint density at radius 1 is 1.24 bits per heavy atom. The first-order valence-corrected chi connectivity index (χ1v) is 12.8. The van der Waals surface area contributed by atoms with Crippen molar-refractivity contribution in [3.8, 4) is 5.88 Å². The van der Waals surface area contributed by atoms with Crippen LogP contribution >= 0.6 is 11.8 Å². The number of carboxylic acids is 1. The fourth-order valence-corrected chi connectivity index (χ4v) is 5.46.